The quantitative estimate of drug-likeness (QED) is 0.366. The molecule has 33 heavy (non-hydrogen) atoms. The first-order chi connectivity index (χ1) is 16.0. The number of aromatic nitrogens is 3. The van der Waals surface area contributed by atoms with Gasteiger partial charge >= 0.3 is 0 Å². The first-order valence-electron chi connectivity index (χ1n) is 11.4. The highest BCUT2D eigenvalue weighted by Crippen LogP contribution is 2.26. The Morgan fingerprint density at radius 1 is 1.00 bits per heavy atom. The SMILES string of the molecule is CCN(Cc1cccc(F)c1)C(=O)CSc1nnc(-c2ccc(N(CC)CC)cc2)n1CC. The molecule has 1 amide bonds. The van der Waals surface area contributed by atoms with Crippen LogP contribution in [-0.4, -0.2) is 51.0 Å². The fourth-order valence-electron chi connectivity index (χ4n) is 3.75. The Kier molecular flexibility index (Phi) is 8.88. The molecule has 2 aromatic carbocycles. The Morgan fingerprint density at radius 3 is 2.33 bits per heavy atom. The highest BCUT2D eigenvalue weighted by atomic mass is 32.2. The lowest BCUT2D eigenvalue weighted by atomic mass is 10.2. The summed E-state index contributed by atoms with van der Waals surface area (Å²) >= 11 is 1.38. The van der Waals surface area contributed by atoms with Crippen LogP contribution in [0.1, 0.15) is 33.3 Å². The molecule has 1 aromatic heterocycles. The van der Waals surface area contributed by atoms with Crippen molar-refractivity contribution >= 4 is 23.4 Å². The van der Waals surface area contributed by atoms with Gasteiger partial charge in [0.15, 0.2) is 11.0 Å². The second-order valence-electron chi connectivity index (χ2n) is 7.60. The van der Waals surface area contributed by atoms with Crippen molar-refractivity contribution < 1.29 is 9.18 Å². The average Bonchev–Trinajstić information content (AvgIpc) is 3.25. The van der Waals surface area contributed by atoms with Gasteiger partial charge in [-0.2, -0.15) is 0 Å². The predicted molar refractivity (Wildman–Crippen MR) is 133 cm³/mol. The van der Waals surface area contributed by atoms with Crippen molar-refractivity contribution in [1.82, 2.24) is 19.7 Å². The fraction of sp³-hybridized carbons (Fsp3) is 0.400. The molecule has 8 heteroatoms. The number of hydrogen-bond donors (Lipinski definition) is 0. The van der Waals surface area contributed by atoms with Crippen LogP contribution in [0.3, 0.4) is 0 Å². The average molecular weight is 470 g/mol. The third-order valence-corrected chi connectivity index (χ3v) is 6.56. The van der Waals surface area contributed by atoms with Gasteiger partial charge in [-0.1, -0.05) is 23.9 Å². The van der Waals surface area contributed by atoms with Crippen LogP contribution in [0.4, 0.5) is 10.1 Å². The molecule has 0 aliphatic heterocycles. The standard InChI is InChI=1S/C25H32FN5OS/c1-5-29(6-2)22-14-12-20(13-15-22)24-27-28-25(31(24)8-4)33-18-23(32)30(7-3)17-19-10-9-11-21(26)16-19/h9-16H,5-8,17-18H2,1-4H3. The Hall–Kier alpha value is -2.87. The molecule has 0 unspecified atom stereocenters. The summed E-state index contributed by atoms with van der Waals surface area (Å²) in [6.07, 6.45) is 0. The number of thioether (sulfide) groups is 1. The molecule has 0 fully saturated rings. The third-order valence-electron chi connectivity index (χ3n) is 5.61. The molecule has 0 spiro atoms. The second kappa shape index (κ2) is 11.8. The molecule has 0 saturated heterocycles. The first kappa shape index (κ1) is 24.8. The first-order valence-corrected chi connectivity index (χ1v) is 12.4. The molecule has 0 atom stereocenters. The van der Waals surface area contributed by atoms with Crippen LogP contribution in [-0.2, 0) is 17.9 Å². The fourth-order valence-corrected chi connectivity index (χ4v) is 4.66. The van der Waals surface area contributed by atoms with Crippen molar-refractivity contribution in [3.05, 3.63) is 59.9 Å². The summed E-state index contributed by atoms with van der Waals surface area (Å²) in [7, 11) is 0. The maximum Gasteiger partial charge on any atom is 0.233 e. The topological polar surface area (TPSA) is 54.3 Å². The van der Waals surface area contributed by atoms with Crippen molar-refractivity contribution in [2.45, 2.75) is 45.9 Å². The lowest BCUT2D eigenvalue weighted by Gasteiger charge is -2.21. The van der Waals surface area contributed by atoms with Crippen molar-refractivity contribution in [2.24, 2.45) is 0 Å². The van der Waals surface area contributed by atoms with Crippen LogP contribution in [0, 0.1) is 5.82 Å². The van der Waals surface area contributed by atoms with Crippen molar-refractivity contribution in [3.63, 3.8) is 0 Å². The lowest BCUT2D eigenvalue weighted by Crippen LogP contribution is -2.31. The van der Waals surface area contributed by atoms with E-state index in [0.717, 1.165) is 35.2 Å². The molecular formula is C25H32FN5OS. The molecular weight excluding hydrogens is 437 g/mol. The van der Waals surface area contributed by atoms with Crippen LogP contribution in [0.5, 0.6) is 0 Å². The van der Waals surface area contributed by atoms with Crippen LogP contribution in [0.2, 0.25) is 0 Å². The van der Waals surface area contributed by atoms with Crippen molar-refractivity contribution in [2.75, 3.05) is 30.3 Å². The highest BCUT2D eigenvalue weighted by Gasteiger charge is 2.18. The Morgan fingerprint density at radius 2 is 1.73 bits per heavy atom. The van der Waals surface area contributed by atoms with Gasteiger partial charge in [-0.3, -0.25) is 4.79 Å². The largest absolute Gasteiger partial charge is 0.372 e. The molecule has 0 N–H and O–H groups in total. The van der Waals surface area contributed by atoms with Gasteiger partial charge in [-0.15, -0.1) is 10.2 Å². The van der Waals surface area contributed by atoms with Crippen LogP contribution < -0.4 is 4.90 Å². The van der Waals surface area contributed by atoms with Crippen molar-refractivity contribution in [1.29, 1.82) is 0 Å². The Bertz CT molecular complexity index is 1050. The van der Waals surface area contributed by atoms with Gasteiger partial charge in [0.1, 0.15) is 5.82 Å². The molecule has 6 nitrogen and oxygen atoms in total. The van der Waals surface area contributed by atoms with E-state index in [-0.39, 0.29) is 17.5 Å². The number of halogens is 1. The van der Waals surface area contributed by atoms with Crippen LogP contribution in [0.25, 0.3) is 11.4 Å². The maximum atomic E-state index is 13.5. The summed E-state index contributed by atoms with van der Waals surface area (Å²) in [6.45, 7) is 11.8. The van der Waals surface area contributed by atoms with Gasteiger partial charge in [0.25, 0.3) is 0 Å². The molecule has 0 saturated carbocycles. The van der Waals surface area contributed by atoms with Crippen molar-refractivity contribution in [3.8, 4) is 11.4 Å². The van der Waals surface area contributed by atoms with E-state index in [0.29, 0.717) is 19.6 Å². The third kappa shape index (κ3) is 6.13. The van der Waals surface area contributed by atoms with Gasteiger partial charge < -0.3 is 14.4 Å². The van der Waals surface area contributed by atoms with Gasteiger partial charge in [0, 0.05) is 44.0 Å². The predicted octanol–water partition coefficient (Wildman–Crippen LogP) is 5.09. The summed E-state index contributed by atoms with van der Waals surface area (Å²) in [5, 5.41) is 9.47. The number of nitrogens with zero attached hydrogens (tertiary/aromatic N) is 5. The molecule has 0 bridgehead atoms. The minimum Gasteiger partial charge on any atom is -0.372 e. The van der Waals surface area contributed by atoms with E-state index < -0.39 is 0 Å². The summed E-state index contributed by atoms with van der Waals surface area (Å²) in [6, 6.07) is 14.7. The number of rotatable bonds is 11. The highest BCUT2D eigenvalue weighted by molar-refractivity contribution is 7.99. The van der Waals surface area contributed by atoms with Gasteiger partial charge in [0.2, 0.25) is 5.91 Å². The number of anilines is 1. The Labute approximate surface area is 199 Å². The van der Waals surface area contributed by atoms with Gasteiger partial charge in [0.05, 0.1) is 5.75 Å². The summed E-state index contributed by atoms with van der Waals surface area (Å²) in [5.74, 6) is 0.745. The zero-order valence-electron chi connectivity index (χ0n) is 19.8. The van der Waals surface area contributed by atoms with E-state index in [1.54, 1.807) is 11.0 Å². The number of carbonyl (C=O) groups is 1. The number of carbonyl (C=O) groups excluding carboxylic acids is 1. The zero-order valence-corrected chi connectivity index (χ0v) is 20.6. The number of benzene rings is 2. The van der Waals surface area contributed by atoms with E-state index in [1.165, 1.54) is 29.6 Å². The normalized spacial score (nSPS) is 10.9. The minimum atomic E-state index is -0.293. The van der Waals surface area contributed by atoms with Crippen LogP contribution >= 0.6 is 11.8 Å². The molecule has 176 valence electrons. The van der Waals surface area contributed by atoms with E-state index in [9.17, 15) is 9.18 Å². The van der Waals surface area contributed by atoms with Crippen LogP contribution in [0.15, 0.2) is 53.7 Å². The number of amides is 1. The zero-order chi connectivity index (χ0) is 23.8. The van der Waals surface area contributed by atoms with Gasteiger partial charge in [-0.25, -0.2) is 4.39 Å². The second-order valence-corrected chi connectivity index (χ2v) is 8.54. The molecule has 0 aliphatic rings. The van der Waals surface area contributed by atoms with E-state index in [2.05, 4.69) is 53.2 Å². The number of hydrogen-bond acceptors (Lipinski definition) is 5. The molecule has 0 aliphatic carbocycles. The summed E-state index contributed by atoms with van der Waals surface area (Å²) in [4.78, 5) is 16.8. The maximum absolute atomic E-state index is 13.5. The van der Waals surface area contributed by atoms with Gasteiger partial charge in [-0.05, 0) is 69.7 Å². The monoisotopic (exact) mass is 469 g/mol. The van der Waals surface area contributed by atoms with E-state index >= 15 is 0 Å². The summed E-state index contributed by atoms with van der Waals surface area (Å²) < 4.78 is 15.5. The smallest absolute Gasteiger partial charge is 0.233 e. The minimum absolute atomic E-state index is 0.0115. The summed E-state index contributed by atoms with van der Waals surface area (Å²) in [5.41, 5.74) is 2.96. The molecule has 1 heterocycles. The van der Waals surface area contributed by atoms with E-state index in [4.69, 9.17) is 0 Å². The molecule has 0 radical (unpaired) electrons. The Balaban J connectivity index is 1.69. The van der Waals surface area contributed by atoms with E-state index in [1.807, 2.05) is 24.5 Å². The molecule has 3 aromatic rings. The molecule has 3 rings (SSSR count). The lowest BCUT2D eigenvalue weighted by molar-refractivity contribution is -0.128.